The molecule has 7 rings (SSSR count). The molecule has 0 bridgehead atoms. The van der Waals surface area contributed by atoms with Crippen LogP contribution in [0.2, 0.25) is 0 Å². The largest absolute Gasteiger partial charge is 0.468 e. The molecule has 64 heavy (non-hydrogen) atoms. The van der Waals surface area contributed by atoms with Crippen molar-refractivity contribution in [1.82, 2.24) is 20.4 Å². The van der Waals surface area contributed by atoms with Crippen LogP contribution in [0.15, 0.2) is 109 Å². The number of cyclic esters (lactones) is 2. The lowest BCUT2D eigenvalue weighted by atomic mass is 10.1. The fraction of sp³-hybridized carbons (Fsp3) is 0.295. The smallest absolute Gasteiger partial charge is 0.414 e. The van der Waals surface area contributed by atoms with Gasteiger partial charge in [0.1, 0.15) is 30.5 Å². The quantitative estimate of drug-likeness (QED) is 0.0496. The first kappa shape index (κ1) is 46.5. The molecule has 0 aromatic heterocycles. The summed E-state index contributed by atoms with van der Waals surface area (Å²) in [5, 5.41) is 21.4. The number of piperazine rings is 1. The van der Waals surface area contributed by atoms with Gasteiger partial charge in [-0.1, -0.05) is 36.4 Å². The summed E-state index contributed by atoms with van der Waals surface area (Å²) < 4.78 is 42.2. The number of anilines is 2. The molecule has 0 radical (unpaired) electrons. The predicted molar refractivity (Wildman–Crippen MR) is 235 cm³/mol. The summed E-state index contributed by atoms with van der Waals surface area (Å²) >= 11 is 0. The lowest BCUT2D eigenvalue weighted by Crippen LogP contribution is -2.50. The molecule has 0 spiro atoms. The van der Waals surface area contributed by atoms with Crippen LogP contribution in [0, 0.1) is 10.8 Å². The van der Waals surface area contributed by atoms with Gasteiger partial charge < -0.3 is 24.8 Å². The Morgan fingerprint density at radius 3 is 1.50 bits per heavy atom. The van der Waals surface area contributed by atoms with E-state index < -0.39 is 34.3 Å². The lowest BCUT2D eigenvalue weighted by molar-refractivity contribution is -0.142. The maximum atomic E-state index is 12.5. The summed E-state index contributed by atoms with van der Waals surface area (Å²) in [6.07, 6.45) is -1.06. The first-order chi connectivity index (χ1) is 30.6. The van der Waals surface area contributed by atoms with Crippen molar-refractivity contribution >= 4 is 63.1 Å². The number of amides is 4. The maximum Gasteiger partial charge on any atom is 0.414 e. The molecule has 4 aromatic carbocycles. The normalized spacial score (nSPS) is 17.7. The number of hydrogen-bond donors (Lipinski definition) is 4. The maximum absolute atomic E-state index is 12.5. The van der Waals surface area contributed by atoms with Gasteiger partial charge in [-0.3, -0.25) is 49.0 Å². The van der Waals surface area contributed by atoms with Crippen molar-refractivity contribution in [2.75, 3.05) is 82.1 Å². The topological polar surface area (TPSA) is 241 Å². The molecular weight excluding hydrogens is 849 g/mol. The second kappa shape index (κ2) is 21.4. The van der Waals surface area contributed by atoms with Crippen LogP contribution in [0.1, 0.15) is 31.8 Å². The summed E-state index contributed by atoms with van der Waals surface area (Å²) in [6, 6.07) is 30.6. The Hall–Kier alpha value is -7.00. The molecule has 0 aliphatic carbocycles. The second-order valence-electron chi connectivity index (χ2n) is 14.9. The van der Waals surface area contributed by atoms with Crippen molar-refractivity contribution in [2.45, 2.75) is 12.2 Å². The molecule has 336 valence electrons. The highest BCUT2D eigenvalue weighted by molar-refractivity contribution is 7.86. The Morgan fingerprint density at radius 1 is 0.641 bits per heavy atom. The third-order valence-electron chi connectivity index (χ3n) is 10.2. The summed E-state index contributed by atoms with van der Waals surface area (Å²) in [7, 11) is -2.24. The Bertz CT molecular complexity index is 2430. The Labute approximate surface area is 369 Å². The van der Waals surface area contributed by atoms with E-state index in [2.05, 4.69) is 24.6 Å². The van der Waals surface area contributed by atoms with E-state index in [4.69, 9.17) is 25.0 Å². The third-order valence-corrected chi connectivity index (χ3v) is 10.8. The van der Waals surface area contributed by atoms with E-state index in [9.17, 15) is 32.4 Å². The van der Waals surface area contributed by atoms with E-state index in [1.807, 2.05) is 6.07 Å². The molecule has 3 aliphatic rings. The van der Waals surface area contributed by atoms with Gasteiger partial charge >= 0.3 is 18.2 Å². The van der Waals surface area contributed by atoms with Gasteiger partial charge in [0.25, 0.3) is 21.9 Å². The number of amidine groups is 2. The summed E-state index contributed by atoms with van der Waals surface area (Å²) in [5.74, 6) is -1.07. The van der Waals surface area contributed by atoms with E-state index >= 15 is 0 Å². The SMILES string of the molecule is COC(=O)CN1CCN(CC2CN(c3ccc(C(=N)NC(=O)c4ccccc4)cc3)C(=O)O2)CC1.CS(=O)(=O)OCC1CN(c2ccc(C(=N)NC(=O)c3ccccc3)cc2)C(=O)O1. The number of ether oxygens (including phenoxy) is 3. The van der Waals surface area contributed by atoms with Crippen molar-refractivity contribution in [3.63, 3.8) is 0 Å². The number of carbonyl (C=O) groups is 5. The van der Waals surface area contributed by atoms with Gasteiger partial charge in [0.2, 0.25) is 0 Å². The molecule has 19 nitrogen and oxygen atoms in total. The first-order valence-corrected chi connectivity index (χ1v) is 21.9. The van der Waals surface area contributed by atoms with Crippen LogP contribution < -0.4 is 20.4 Å². The molecule has 2 unspecified atom stereocenters. The van der Waals surface area contributed by atoms with Crippen molar-refractivity contribution in [3.8, 4) is 0 Å². The molecule has 4 aromatic rings. The van der Waals surface area contributed by atoms with Crippen LogP contribution in [0.3, 0.4) is 0 Å². The number of nitrogens with zero attached hydrogens (tertiary/aromatic N) is 4. The van der Waals surface area contributed by atoms with E-state index in [1.54, 1.807) is 108 Å². The van der Waals surface area contributed by atoms with Crippen LogP contribution in [0.4, 0.5) is 21.0 Å². The number of methoxy groups -OCH3 is 1. The van der Waals surface area contributed by atoms with E-state index in [0.29, 0.717) is 53.3 Å². The minimum atomic E-state index is -3.62. The van der Waals surface area contributed by atoms with Crippen molar-refractivity contribution < 1.29 is 50.8 Å². The highest BCUT2D eigenvalue weighted by Gasteiger charge is 2.35. The average molecular weight is 897 g/mol. The number of carbonyl (C=O) groups excluding carboxylic acids is 5. The van der Waals surface area contributed by atoms with Crippen LogP contribution in [-0.4, -0.2) is 144 Å². The highest BCUT2D eigenvalue weighted by atomic mass is 32.2. The second-order valence-corrected chi connectivity index (χ2v) is 16.5. The van der Waals surface area contributed by atoms with Crippen molar-refractivity contribution in [2.24, 2.45) is 0 Å². The van der Waals surface area contributed by atoms with Crippen molar-refractivity contribution in [1.29, 1.82) is 10.8 Å². The van der Waals surface area contributed by atoms with Gasteiger partial charge in [-0.2, -0.15) is 8.42 Å². The summed E-state index contributed by atoms with van der Waals surface area (Å²) in [6.45, 7) is 4.32. The van der Waals surface area contributed by atoms with Gasteiger partial charge in [-0.25, -0.2) is 9.59 Å². The number of hydrogen-bond acceptors (Lipinski definition) is 15. The molecule has 3 aliphatic heterocycles. The lowest BCUT2D eigenvalue weighted by Gasteiger charge is -2.34. The fourth-order valence-corrected chi connectivity index (χ4v) is 7.22. The molecule has 2 atom stereocenters. The fourth-order valence-electron chi connectivity index (χ4n) is 6.82. The molecular formula is C44H48N8O11S. The summed E-state index contributed by atoms with van der Waals surface area (Å²) in [5.41, 5.74) is 3.10. The van der Waals surface area contributed by atoms with E-state index in [-0.39, 0.29) is 42.8 Å². The van der Waals surface area contributed by atoms with Gasteiger partial charge in [-0.05, 0) is 72.8 Å². The number of benzene rings is 4. The van der Waals surface area contributed by atoms with Gasteiger partial charge in [0.15, 0.2) is 0 Å². The van der Waals surface area contributed by atoms with Crippen LogP contribution in [-0.2, 0) is 33.3 Å². The predicted octanol–water partition coefficient (Wildman–Crippen LogP) is 3.30. The van der Waals surface area contributed by atoms with Gasteiger partial charge in [0.05, 0.1) is 33.0 Å². The Morgan fingerprint density at radius 2 is 1.06 bits per heavy atom. The summed E-state index contributed by atoms with van der Waals surface area (Å²) in [4.78, 5) is 67.6. The number of rotatable bonds is 13. The molecule has 3 saturated heterocycles. The van der Waals surface area contributed by atoms with E-state index in [1.165, 1.54) is 12.0 Å². The molecule has 3 fully saturated rings. The molecule has 4 N–H and O–H groups in total. The molecule has 3 heterocycles. The van der Waals surface area contributed by atoms with Crippen LogP contribution in [0.25, 0.3) is 0 Å². The molecule has 20 heteroatoms. The van der Waals surface area contributed by atoms with Crippen LogP contribution >= 0.6 is 0 Å². The Balaban J connectivity index is 0.000000216. The monoisotopic (exact) mass is 896 g/mol. The van der Waals surface area contributed by atoms with E-state index in [0.717, 1.165) is 32.4 Å². The molecule has 0 saturated carbocycles. The standard InChI is InChI=1S/C25H29N5O5.C19H19N3O6S/c1-34-22(31)17-29-13-11-28(12-14-29)15-21-16-30(25(33)35-21)20-9-7-18(8-10-20)23(26)27-24(32)19-5-3-2-4-6-19;1-29(25,26)27-12-16-11-22(19(24)28-16)15-9-7-13(8-10-15)17(20)21-18(23)14-5-3-2-4-6-14/h2-10,21H,11-17H2,1H3,(H2,26,27,32);2-10,16H,11-12H2,1H3,(H2,20,21,23). The zero-order valence-corrected chi connectivity index (χ0v) is 35.9. The zero-order chi connectivity index (χ0) is 45.8. The third kappa shape index (κ3) is 13.0. The number of esters is 1. The Kier molecular flexibility index (Phi) is 15.5. The van der Waals surface area contributed by atoms with Crippen molar-refractivity contribution in [3.05, 3.63) is 131 Å². The highest BCUT2D eigenvalue weighted by Crippen LogP contribution is 2.24. The molecule has 4 amide bonds. The van der Waals surface area contributed by atoms with Crippen LogP contribution in [0.5, 0.6) is 0 Å². The van der Waals surface area contributed by atoms with Gasteiger partial charge in [-0.15, -0.1) is 0 Å². The first-order valence-electron chi connectivity index (χ1n) is 20.1. The number of nitrogens with one attached hydrogen (secondary N) is 4. The minimum Gasteiger partial charge on any atom is -0.468 e. The zero-order valence-electron chi connectivity index (χ0n) is 35.1. The van der Waals surface area contributed by atoms with Gasteiger partial charge in [0, 0.05) is 66.4 Å². The minimum absolute atomic E-state index is 0.0152. The average Bonchev–Trinajstić information content (AvgIpc) is 3.87.